The number of nitrogens with zero attached hydrogens (tertiary/aromatic N) is 1. The van der Waals surface area contributed by atoms with Gasteiger partial charge in [-0.3, -0.25) is 5.41 Å². The summed E-state index contributed by atoms with van der Waals surface area (Å²) in [6.07, 6.45) is -6.66. The average Bonchev–Trinajstić information content (AvgIpc) is 2.62. The minimum atomic E-state index is -4.60. The van der Waals surface area contributed by atoms with Crippen LogP contribution in [0.4, 0.5) is 28.9 Å². The van der Waals surface area contributed by atoms with Crippen LogP contribution in [0.3, 0.4) is 0 Å². The van der Waals surface area contributed by atoms with Crippen molar-refractivity contribution in [3.8, 4) is 5.75 Å². The van der Waals surface area contributed by atoms with Gasteiger partial charge in [-0.15, -0.1) is 11.8 Å². The molecule has 10 heteroatoms. The Morgan fingerprint density at radius 2 is 1.96 bits per heavy atom. The molecule has 0 saturated carbocycles. The summed E-state index contributed by atoms with van der Waals surface area (Å²) in [7, 11) is 1.51. The standard InChI is InChI=1S/C17H16ClF4N3OS/c1-25(16(23)24-14-9-12(27-2)6-7-13(14)18)10-4-3-5-11(8-10)26-17(21,22)15(19)20/h3-9,15H,1-2H3,(H2,23,24). The van der Waals surface area contributed by atoms with Gasteiger partial charge in [-0.25, -0.2) is 0 Å². The molecule has 2 rings (SSSR count). The number of guanidine groups is 1. The maximum absolute atomic E-state index is 13.1. The highest BCUT2D eigenvalue weighted by molar-refractivity contribution is 7.98. The third-order valence-corrected chi connectivity index (χ3v) is 4.53. The molecular formula is C17H16ClF4N3OS. The Morgan fingerprint density at radius 3 is 2.59 bits per heavy atom. The SMILES string of the molecule is CSc1ccc(Cl)c(NC(=N)N(C)c2cccc(OC(F)(F)C(F)F)c2)c1. The zero-order chi connectivity index (χ0) is 20.2. The van der Waals surface area contributed by atoms with Crippen molar-refractivity contribution in [3.05, 3.63) is 47.5 Å². The molecule has 2 aromatic carbocycles. The van der Waals surface area contributed by atoms with E-state index in [9.17, 15) is 17.6 Å². The van der Waals surface area contributed by atoms with Crippen molar-refractivity contribution in [1.82, 2.24) is 0 Å². The first-order chi connectivity index (χ1) is 12.6. The third kappa shape index (κ3) is 5.43. The predicted octanol–water partition coefficient (Wildman–Crippen LogP) is 5.78. The summed E-state index contributed by atoms with van der Waals surface area (Å²) in [5, 5.41) is 11.4. The van der Waals surface area contributed by atoms with Crippen molar-refractivity contribution in [2.45, 2.75) is 17.4 Å². The second-order valence-corrected chi connectivity index (χ2v) is 6.63. The fraction of sp³-hybridized carbons (Fsp3) is 0.235. The first-order valence-electron chi connectivity index (χ1n) is 7.52. The number of hydrogen-bond acceptors (Lipinski definition) is 3. The maximum atomic E-state index is 13.1. The molecule has 146 valence electrons. The predicted molar refractivity (Wildman–Crippen MR) is 101 cm³/mol. The average molecular weight is 422 g/mol. The van der Waals surface area contributed by atoms with E-state index in [4.69, 9.17) is 17.0 Å². The molecule has 0 atom stereocenters. The van der Waals surface area contributed by atoms with E-state index in [1.165, 1.54) is 35.8 Å². The number of alkyl halides is 4. The lowest BCUT2D eigenvalue weighted by molar-refractivity contribution is -0.253. The number of anilines is 2. The van der Waals surface area contributed by atoms with Crippen molar-refractivity contribution in [1.29, 1.82) is 5.41 Å². The molecule has 0 aromatic heterocycles. The van der Waals surface area contributed by atoms with Crippen LogP contribution in [0.15, 0.2) is 47.4 Å². The molecule has 2 N–H and O–H groups in total. The van der Waals surface area contributed by atoms with Gasteiger partial charge in [-0.2, -0.15) is 17.6 Å². The van der Waals surface area contributed by atoms with E-state index in [1.54, 1.807) is 12.1 Å². The summed E-state index contributed by atoms with van der Waals surface area (Å²) in [4.78, 5) is 2.26. The fourth-order valence-electron chi connectivity index (χ4n) is 2.02. The molecule has 0 fully saturated rings. The second-order valence-electron chi connectivity index (χ2n) is 5.34. The lowest BCUT2D eigenvalue weighted by atomic mass is 10.3. The van der Waals surface area contributed by atoms with E-state index in [2.05, 4.69) is 10.1 Å². The highest BCUT2D eigenvalue weighted by Gasteiger charge is 2.44. The summed E-state index contributed by atoms with van der Waals surface area (Å²) in [6, 6.07) is 10.4. The van der Waals surface area contributed by atoms with Gasteiger partial charge in [0, 0.05) is 23.7 Å². The van der Waals surface area contributed by atoms with Crippen LogP contribution >= 0.6 is 23.4 Å². The van der Waals surface area contributed by atoms with E-state index >= 15 is 0 Å². The van der Waals surface area contributed by atoms with Crippen LogP contribution in [0.2, 0.25) is 5.02 Å². The Balaban J connectivity index is 2.16. The van der Waals surface area contributed by atoms with Crippen LogP contribution in [0.1, 0.15) is 0 Å². The van der Waals surface area contributed by atoms with E-state index < -0.39 is 18.3 Å². The number of benzene rings is 2. The number of nitrogens with one attached hydrogen (secondary N) is 2. The van der Waals surface area contributed by atoms with Crippen LogP contribution < -0.4 is 15.0 Å². The van der Waals surface area contributed by atoms with Gasteiger partial charge in [0.25, 0.3) is 0 Å². The zero-order valence-electron chi connectivity index (χ0n) is 14.3. The van der Waals surface area contributed by atoms with Crippen LogP contribution in [-0.2, 0) is 0 Å². The van der Waals surface area contributed by atoms with Crippen LogP contribution in [0, 0.1) is 5.41 Å². The maximum Gasteiger partial charge on any atom is 0.461 e. The topological polar surface area (TPSA) is 48.4 Å². The highest BCUT2D eigenvalue weighted by atomic mass is 35.5. The monoisotopic (exact) mass is 421 g/mol. The van der Waals surface area contributed by atoms with Gasteiger partial charge >= 0.3 is 12.5 Å². The van der Waals surface area contributed by atoms with Crippen LogP contribution in [0.5, 0.6) is 5.75 Å². The second kappa shape index (κ2) is 8.71. The molecule has 0 spiro atoms. The van der Waals surface area contributed by atoms with Crippen LogP contribution in [-0.4, -0.2) is 31.8 Å². The minimum absolute atomic E-state index is 0.104. The lowest BCUT2D eigenvalue weighted by Crippen LogP contribution is -2.34. The lowest BCUT2D eigenvalue weighted by Gasteiger charge is -2.23. The summed E-state index contributed by atoms with van der Waals surface area (Å²) in [5.74, 6) is -0.548. The van der Waals surface area contributed by atoms with Crippen LogP contribution in [0.25, 0.3) is 0 Å². The molecule has 0 bridgehead atoms. The third-order valence-electron chi connectivity index (χ3n) is 3.47. The van der Waals surface area contributed by atoms with Crippen molar-refractivity contribution in [3.63, 3.8) is 0 Å². The Hall–Kier alpha value is -2.13. The Morgan fingerprint density at radius 1 is 1.26 bits per heavy atom. The minimum Gasteiger partial charge on any atom is -0.428 e. The smallest absolute Gasteiger partial charge is 0.428 e. The normalized spacial score (nSPS) is 11.4. The number of ether oxygens (including phenoxy) is 1. The Labute approximate surface area is 163 Å². The number of thioether (sulfide) groups is 1. The summed E-state index contributed by atoms with van der Waals surface area (Å²) >= 11 is 7.62. The fourth-order valence-corrected chi connectivity index (χ4v) is 2.63. The molecular weight excluding hydrogens is 406 g/mol. The highest BCUT2D eigenvalue weighted by Crippen LogP contribution is 2.30. The van der Waals surface area contributed by atoms with Crippen molar-refractivity contribution >= 4 is 40.7 Å². The molecule has 0 unspecified atom stereocenters. The van der Waals surface area contributed by atoms with E-state index in [-0.39, 0.29) is 11.6 Å². The molecule has 4 nitrogen and oxygen atoms in total. The largest absolute Gasteiger partial charge is 0.461 e. The summed E-state index contributed by atoms with van der Waals surface area (Å²) in [5.41, 5.74) is 0.782. The first kappa shape index (κ1) is 21.2. The van der Waals surface area contributed by atoms with Gasteiger partial charge in [0.05, 0.1) is 10.7 Å². The molecule has 0 radical (unpaired) electrons. The van der Waals surface area contributed by atoms with Gasteiger partial charge in [0.2, 0.25) is 0 Å². The number of halogens is 5. The van der Waals surface area contributed by atoms with Gasteiger partial charge in [-0.1, -0.05) is 17.7 Å². The summed E-state index contributed by atoms with van der Waals surface area (Å²) in [6.45, 7) is 0. The van der Waals surface area contributed by atoms with Gasteiger partial charge in [0.15, 0.2) is 5.96 Å². The number of rotatable bonds is 6. The first-order valence-corrected chi connectivity index (χ1v) is 9.12. The van der Waals surface area contributed by atoms with Crippen molar-refractivity contribution in [2.75, 3.05) is 23.5 Å². The van der Waals surface area contributed by atoms with Gasteiger partial charge < -0.3 is 15.0 Å². The molecule has 0 saturated heterocycles. The van der Waals surface area contributed by atoms with Crippen molar-refractivity contribution in [2.24, 2.45) is 0 Å². The quantitative estimate of drug-likeness (QED) is 0.268. The molecule has 0 heterocycles. The van der Waals surface area contributed by atoms with E-state index in [1.807, 2.05) is 12.3 Å². The zero-order valence-corrected chi connectivity index (χ0v) is 15.8. The summed E-state index contributed by atoms with van der Waals surface area (Å²) < 4.78 is 54.8. The number of hydrogen-bond donors (Lipinski definition) is 2. The van der Waals surface area contributed by atoms with E-state index in [0.717, 1.165) is 17.0 Å². The molecule has 0 aliphatic heterocycles. The van der Waals surface area contributed by atoms with Gasteiger partial charge in [0.1, 0.15) is 5.75 Å². The molecule has 2 aromatic rings. The molecule has 0 aliphatic rings. The Kier molecular flexibility index (Phi) is 6.83. The molecule has 0 aliphatic carbocycles. The van der Waals surface area contributed by atoms with Gasteiger partial charge in [-0.05, 0) is 36.6 Å². The molecule has 27 heavy (non-hydrogen) atoms. The molecule has 0 amide bonds. The van der Waals surface area contributed by atoms with E-state index in [0.29, 0.717) is 10.7 Å². The van der Waals surface area contributed by atoms with Crippen molar-refractivity contribution < 1.29 is 22.3 Å². The Bertz CT molecular complexity index is 823.